The zero-order chi connectivity index (χ0) is 28.4. The summed E-state index contributed by atoms with van der Waals surface area (Å²) < 4.78 is 22.8. The predicted molar refractivity (Wildman–Crippen MR) is 145 cm³/mol. The van der Waals surface area contributed by atoms with E-state index < -0.39 is 37.8 Å². The first kappa shape index (κ1) is 30.2. The molecule has 0 saturated carbocycles. The highest BCUT2D eigenvalue weighted by Crippen LogP contribution is 2.42. The topological polar surface area (TPSA) is 163 Å². The molecule has 3 rings (SSSR count). The van der Waals surface area contributed by atoms with Crippen molar-refractivity contribution in [2.45, 2.75) is 25.8 Å². The summed E-state index contributed by atoms with van der Waals surface area (Å²) in [6.45, 7) is 3.62. The summed E-state index contributed by atoms with van der Waals surface area (Å²) >= 11 is 0. The molecule has 1 fully saturated rings. The number of aromatic nitrogens is 2. The van der Waals surface area contributed by atoms with Crippen LogP contribution in [0, 0.1) is 0 Å². The molecule has 1 saturated heterocycles. The van der Waals surface area contributed by atoms with E-state index in [2.05, 4.69) is 20.6 Å². The number of hydrogen-bond acceptors (Lipinski definition) is 10. The average Bonchev–Trinajstić information content (AvgIpc) is 2.93. The molecule has 0 spiro atoms. The molecule has 1 aliphatic rings. The van der Waals surface area contributed by atoms with Crippen LogP contribution in [-0.2, 0) is 18.6 Å². The van der Waals surface area contributed by atoms with Crippen molar-refractivity contribution < 1.29 is 33.1 Å². The van der Waals surface area contributed by atoms with Gasteiger partial charge in [-0.15, -0.1) is 0 Å². The summed E-state index contributed by atoms with van der Waals surface area (Å²) in [5.41, 5.74) is 0.579. The first-order chi connectivity index (χ1) is 18.6. The quantitative estimate of drug-likeness (QED) is 0.159. The zero-order valence-corrected chi connectivity index (χ0v) is 23.2. The molecule has 0 radical (unpaired) electrons. The third-order valence-electron chi connectivity index (χ3n) is 5.79. The summed E-state index contributed by atoms with van der Waals surface area (Å²) in [6, 6.07) is 8.79. The molecule has 14 heteroatoms. The highest BCUT2D eigenvalue weighted by Gasteiger charge is 2.35. The molecule has 1 aromatic carbocycles. The Labute approximate surface area is 227 Å². The lowest BCUT2D eigenvalue weighted by atomic mass is 10.2. The maximum Gasteiger partial charge on any atom is 0.417 e. The monoisotopic (exact) mass is 562 g/mol. The zero-order valence-electron chi connectivity index (χ0n) is 22.3. The average molecular weight is 563 g/mol. The number of ether oxygens (including phenoxy) is 1. The number of hydrogen-bond donors (Lipinski definition) is 3. The van der Waals surface area contributed by atoms with Crippen molar-refractivity contribution in [2.24, 2.45) is 0 Å². The molecule has 2 unspecified atom stereocenters. The second kappa shape index (κ2) is 14.1. The molecular weight excluding hydrogens is 527 g/mol. The van der Waals surface area contributed by atoms with Crippen molar-refractivity contribution in [3.05, 3.63) is 42.1 Å². The molecule has 212 valence electrons. The largest absolute Gasteiger partial charge is 0.417 e. The van der Waals surface area contributed by atoms with Crippen LogP contribution in [0.3, 0.4) is 0 Å². The van der Waals surface area contributed by atoms with Gasteiger partial charge >= 0.3 is 19.7 Å². The van der Waals surface area contributed by atoms with Crippen molar-refractivity contribution in [3.8, 4) is 11.4 Å². The van der Waals surface area contributed by atoms with Crippen LogP contribution in [-0.4, -0.2) is 96.8 Å². The van der Waals surface area contributed by atoms with E-state index in [0.717, 1.165) is 6.42 Å². The van der Waals surface area contributed by atoms with Gasteiger partial charge in [0, 0.05) is 51.9 Å². The highest BCUT2D eigenvalue weighted by atomic mass is 31.2. The Kier molecular flexibility index (Phi) is 10.9. The summed E-state index contributed by atoms with van der Waals surface area (Å²) in [4.78, 5) is 61.1. The lowest BCUT2D eigenvalue weighted by Gasteiger charge is -2.27. The van der Waals surface area contributed by atoms with Gasteiger partial charge in [-0.25, -0.2) is 19.6 Å². The fraction of sp³-hybridized carbons (Fsp3) is 0.480. The molecule has 2 atom stereocenters. The van der Waals surface area contributed by atoms with Gasteiger partial charge in [-0.05, 0) is 6.42 Å². The maximum absolute atomic E-state index is 13.3. The summed E-state index contributed by atoms with van der Waals surface area (Å²) in [6.07, 6.45) is -0.423. The van der Waals surface area contributed by atoms with E-state index >= 15 is 0 Å². The van der Waals surface area contributed by atoms with Crippen molar-refractivity contribution in [1.29, 1.82) is 0 Å². The molecule has 1 aliphatic heterocycles. The molecule has 2 amide bonds. The first-order valence-corrected chi connectivity index (χ1v) is 14.5. The minimum absolute atomic E-state index is 0.00175. The molecule has 0 bridgehead atoms. The number of nitrogens with zero attached hydrogens (tertiary/aromatic N) is 4. The number of esters is 1. The lowest BCUT2D eigenvalue weighted by Crippen LogP contribution is -2.50. The van der Waals surface area contributed by atoms with Gasteiger partial charge in [0.2, 0.25) is 0 Å². The van der Waals surface area contributed by atoms with Crippen LogP contribution < -0.4 is 15.5 Å². The van der Waals surface area contributed by atoms with Crippen molar-refractivity contribution in [3.63, 3.8) is 0 Å². The summed E-state index contributed by atoms with van der Waals surface area (Å²) in [5.74, 6) is -1.29. The number of amides is 2. The Bertz CT molecular complexity index is 1190. The third-order valence-corrected chi connectivity index (χ3v) is 7.21. The summed E-state index contributed by atoms with van der Waals surface area (Å²) in [5, 5.41) is 5.50. The second-order valence-electron chi connectivity index (χ2n) is 9.15. The highest BCUT2D eigenvalue weighted by molar-refractivity contribution is 7.52. The van der Waals surface area contributed by atoms with Gasteiger partial charge in [0.05, 0.1) is 12.8 Å². The van der Waals surface area contributed by atoms with Gasteiger partial charge in [-0.1, -0.05) is 43.7 Å². The number of piperazine rings is 1. The summed E-state index contributed by atoms with van der Waals surface area (Å²) in [7, 11) is -0.837. The molecular formula is C25H35N6O7P. The Morgan fingerprint density at radius 1 is 1.18 bits per heavy atom. The molecule has 39 heavy (non-hydrogen) atoms. The van der Waals surface area contributed by atoms with Gasteiger partial charge < -0.3 is 34.6 Å². The normalized spacial score (nSPS) is 15.6. The van der Waals surface area contributed by atoms with E-state index in [4.69, 9.17) is 9.26 Å². The smallest absolute Gasteiger partial charge is 0.375 e. The molecule has 1 aromatic heterocycles. The number of benzene rings is 1. The standard InChI is InChI=1S/C25H35N6O7P/c1-4-5-15-37-39(35,36)17-20(24(33)38-25(34)31-13-11-26-12-14-31)28-23(32)19-16-21(30(2)3)29-22(27-19)18-9-7-6-8-10-18/h6-10,16,20,26H,4-5,11-15,17H2,1-3H3,(H,28,32)(H,35,36). The Balaban J connectivity index is 1.85. The van der Waals surface area contributed by atoms with E-state index in [1.165, 1.54) is 11.0 Å². The molecule has 3 N–H and O–H groups in total. The van der Waals surface area contributed by atoms with Crippen molar-refractivity contribution >= 4 is 31.4 Å². The third kappa shape index (κ3) is 9.10. The van der Waals surface area contributed by atoms with E-state index in [-0.39, 0.29) is 18.1 Å². The fourth-order valence-corrected chi connectivity index (χ4v) is 4.83. The molecule has 2 aromatic rings. The van der Waals surface area contributed by atoms with Crippen LogP contribution >= 0.6 is 7.60 Å². The minimum Gasteiger partial charge on any atom is -0.375 e. The van der Waals surface area contributed by atoms with Crippen LogP contribution in [0.2, 0.25) is 0 Å². The van der Waals surface area contributed by atoms with Gasteiger partial charge in [0.25, 0.3) is 5.91 Å². The Morgan fingerprint density at radius 3 is 2.51 bits per heavy atom. The van der Waals surface area contributed by atoms with Gasteiger partial charge in [-0.3, -0.25) is 9.36 Å². The van der Waals surface area contributed by atoms with Gasteiger partial charge in [-0.2, -0.15) is 0 Å². The van der Waals surface area contributed by atoms with Crippen molar-refractivity contribution in [2.75, 3.05) is 57.9 Å². The Morgan fingerprint density at radius 2 is 1.87 bits per heavy atom. The number of carbonyl (C=O) groups is 3. The van der Waals surface area contributed by atoms with Crippen LogP contribution in [0.1, 0.15) is 30.3 Å². The van der Waals surface area contributed by atoms with E-state index in [9.17, 15) is 23.8 Å². The first-order valence-electron chi connectivity index (χ1n) is 12.7. The number of rotatable bonds is 11. The number of nitrogens with one attached hydrogen (secondary N) is 2. The van der Waals surface area contributed by atoms with E-state index in [0.29, 0.717) is 44.0 Å². The van der Waals surface area contributed by atoms with E-state index in [1.807, 2.05) is 13.0 Å². The lowest BCUT2D eigenvalue weighted by molar-refractivity contribution is -0.140. The molecule has 0 aliphatic carbocycles. The predicted octanol–water partition coefficient (Wildman–Crippen LogP) is 1.88. The van der Waals surface area contributed by atoms with Crippen LogP contribution in [0.5, 0.6) is 0 Å². The SMILES string of the molecule is CCCCOP(=O)(O)CC(NC(=O)c1cc(N(C)C)nc(-c2ccccc2)n1)C(=O)OC(=O)N1CCNCC1. The minimum atomic E-state index is -4.33. The van der Waals surface area contributed by atoms with Crippen molar-refractivity contribution in [1.82, 2.24) is 25.5 Å². The number of unbranched alkanes of at least 4 members (excludes halogenated alkanes) is 1. The van der Waals surface area contributed by atoms with E-state index in [1.54, 1.807) is 43.3 Å². The molecule has 13 nitrogen and oxygen atoms in total. The van der Waals surface area contributed by atoms with Crippen LogP contribution in [0.15, 0.2) is 36.4 Å². The molecule has 2 heterocycles. The maximum atomic E-state index is 13.3. The van der Waals surface area contributed by atoms with Crippen LogP contribution in [0.25, 0.3) is 11.4 Å². The number of anilines is 1. The van der Waals surface area contributed by atoms with Crippen LogP contribution in [0.4, 0.5) is 10.6 Å². The fourth-order valence-electron chi connectivity index (χ4n) is 3.61. The number of carbonyl (C=O) groups excluding carboxylic acids is 3. The Hall–Kier alpha value is -3.38. The van der Waals surface area contributed by atoms with Gasteiger partial charge in [0.1, 0.15) is 17.6 Å². The second-order valence-corrected chi connectivity index (χ2v) is 11.1. The van der Waals surface area contributed by atoms with Gasteiger partial charge in [0.15, 0.2) is 5.82 Å².